The lowest BCUT2D eigenvalue weighted by Crippen LogP contribution is -2.39. The van der Waals surface area contributed by atoms with E-state index in [0.717, 1.165) is 18.2 Å². The lowest BCUT2D eigenvalue weighted by atomic mass is 10.1. The average molecular weight is 335 g/mol. The van der Waals surface area contributed by atoms with Gasteiger partial charge in [0.25, 0.3) is 11.6 Å². The van der Waals surface area contributed by atoms with Crippen LogP contribution in [-0.4, -0.2) is 32.3 Å². The van der Waals surface area contributed by atoms with Crippen molar-refractivity contribution in [2.24, 2.45) is 5.41 Å². The molecule has 0 aromatic heterocycles. The third-order valence-corrected chi connectivity index (χ3v) is 4.45. The van der Waals surface area contributed by atoms with Gasteiger partial charge in [0.2, 0.25) is 0 Å². The summed E-state index contributed by atoms with van der Waals surface area (Å²) < 4.78 is 0. The number of carbonyl (C=O) groups excluding carboxylic acids is 2. The number of urea groups is 1. The number of rotatable bonds is 4. The molecule has 3 amide bonds. The van der Waals surface area contributed by atoms with Gasteiger partial charge in [-0.15, -0.1) is 0 Å². The van der Waals surface area contributed by atoms with Gasteiger partial charge in [0.05, 0.1) is 15.9 Å². The quantitative estimate of drug-likeness (QED) is 0.481. The first-order valence-electron chi connectivity index (χ1n) is 6.95. The van der Waals surface area contributed by atoms with E-state index < -0.39 is 44.1 Å². The number of anilines is 1. The lowest BCUT2D eigenvalue weighted by molar-refractivity contribution is -0.393. The first-order chi connectivity index (χ1) is 11.1. The lowest BCUT2D eigenvalue weighted by Gasteiger charge is -2.16. The molecule has 11 nitrogen and oxygen atoms in total. The van der Waals surface area contributed by atoms with Crippen LogP contribution in [0.15, 0.2) is 18.2 Å². The van der Waals surface area contributed by atoms with E-state index in [1.165, 1.54) is 0 Å². The molecule has 1 saturated carbocycles. The summed E-state index contributed by atoms with van der Waals surface area (Å²) in [4.78, 5) is 44.8. The van der Waals surface area contributed by atoms with Gasteiger partial charge in [-0.25, -0.2) is 4.79 Å². The third-order valence-electron chi connectivity index (χ3n) is 4.45. The Morgan fingerprint density at radius 3 is 2.29 bits per heavy atom. The summed E-state index contributed by atoms with van der Waals surface area (Å²) in [6, 6.07) is 2.17. The summed E-state index contributed by atoms with van der Waals surface area (Å²) in [5, 5.41) is 25.1. The number of nitro benzene ring substituents is 2. The number of nitrogens with zero attached hydrogens (tertiary/aromatic N) is 3. The topological polar surface area (TPSA) is 148 Å². The molecule has 126 valence electrons. The van der Waals surface area contributed by atoms with Gasteiger partial charge in [-0.1, -0.05) is 13.8 Å². The summed E-state index contributed by atoms with van der Waals surface area (Å²) in [5.74, 6) is -0.537. The number of carbonyl (C=O) groups is 2. The van der Waals surface area contributed by atoms with Crippen LogP contribution in [0.1, 0.15) is 20.3 Å². The Morgan fingerprint density at radius 1 is 1.21 bits per heavy atom. The second kappa shape index (κ2) is 4.63. The standard InChI is InChI=1S/C13H13N5O6/c1-12(2)6-13(12)10(19)16(11(20)14-13)15-8-4-3-7(17(21)22)5-9(8)18(23)24/h3-5,15H,6H2,1-2H3,(H,14,20). The molecule has 1 aliphatic carbocycles. The number of non-ortho nitro benzene ring substituents is 1. The van der Waals surface area contributed by atoms with Crippen molar-refractivity contribution in [2.75, 3.05) is 5.43 Å². The first kappa shape index (κ1) is 15.6. The van der Waals surface area contributed by atoms with Gasteiger partial charge < -0.3 is 5.32 Å². The highest BCUT2D eigenvalue weighted by molar-refractivity contribution is 6.10. The van der Waals surface area contributed by atoms with Crippen LogP contribution >= 0.6 is 0 Å². The second-order valence-electron chi connectivity index (χ2n) is 6.36. The predicted molar refractivity (Wildman–Crippen MR) is 79.9 cm³/mol. The number of imide groups is 1. The Labute approximate surface area is 134 Å². The van der Waals surface area contributed by atoms with Crippen LogP contribution in [0.25, 0.3) is 0 Å². The van der Waals surface area contributed by atoms with Crippen LogP contribution in [0.3, 0.4) is 0 Å². The van der Waals surface area contributed by atoms with Crippen LogP contribution in [0.2, 0.25) is 0 Å². The molecule has 0 bridgehead atoms. The van der Waals surface area contributed by atoms with Crippen LogP contribution in [0.5, 0.6) is 0 Å². The fourth-order valence-corrected chi connectivity index (χ4v) is 2.87. The summed E-state index contributed by atoms with van der Waals surface area (Å²) in [6.07, 6.45) is 0.463. The molecule has 1 aromatic carbocycles. The zero-order valence-electron chi connectivity index (χ0n) is 12.7. The SMILES string of the molecule is CC1(C)CC12NC(=O)N(Nc1ccc([N+](=O)[O-])cc1[N+](=O)[O-])C2=O. The molecule has 1 atom stereocenters. The number of benzene rings is 1. The minimum absolute atomic E-state index is 0.190. The van der Waals surface area contributed by atoms with Crippen LogP contribution < -0.4 is 10.7 Å². The van der Waals surface area contributed by atoms with Crippen molar-refractivity contribution in [2.45, 2.75) is 25.8 Å². The Kier molecular flexibility index (Phi) is 3.02. The molecule has 1 unspecified atom stereocenters. The maximum atomic E-state index is 12.5. The van der Waals surface area contributed by atoms with Gasteiger partial charge in [-0.2, -0.15) is 5.01 Å². The number of hydrazine groups is 1. The zero-order chi connectivity index (χ0) is 17.9. The molecule has 1 spiro atoms. The average Bonchev–Trinajstić information content (AvgIpc) is 2.96. The van der Waals surface area contributed by atoms with Crippen molar-refractivity contribution in [3.63, 3.8) is 0 Å². The van der Waals surface area contributed by atoms with Crippen molar-refractivity contribution in [3.05, 3.63) is 38.4 Å². The molecule has 1 heterocycles. The van der Waals surface area contributed by atoms with E-state index in [0.29, 0.717) is 11.4 Å². The van der Waals surface area contributed by atoms with Crippen LogP contribution in [0.4, 0.5) is 21.9 Å². The molecule has 1 aromatic rings. The van der Waals surface area contributed by atoms with E-state index in [1.807, 2.05) is 13.8 Å². The molecule has 1 saturated heterocycles. The van der Waals surface area contributed by atoms with Gasteiger partial charge >= 0.3 is 11.7 Å². The number of nitrogens with one attached hydrogen (secondary N) is 2. The molecular formula is C13H13N5O6. The Morgan fingerprint density at radius 2 is 1.83 bits per heavy atom. The maximum absolute atomic E-state index is 12.5. The summed E-state index contributed by atoms with van der Waals surface area (Å²) in [6.45, 7) is 3.64. The highest BCUT2D eigenvalue weighted by Crippen LogP contribution is 2.58. The van der Waals surface area contributed by atoms with E-state index in [1.54, 1.807) is 0 Å². The highest BCUT2D eigenvalue weighted by Gasteiger charge is 2.72. The molecule has 2 fully saturated rings. The van der Waals surface area contributed by atoms with Gasteiger partial charge in [-0.05, 0) is 17.9 Å². The molecule has 24 heavy (non-hydrogen) atoms. The smallest absolute Gasteiger partial charge is 0.321 e. The van der Waals surface area contributed by atoms with Crippen molar-refractivity contribution in [1.82, 2.24) is 10.3 Å². The van der Waals surface area contributed by atoms with Gasteiger partial charge in [0.15, 0.2) is 0 Å². The Hall–Kier alpha value is -3.24. The molecular weight excluding hydrogens is 322 g/mol. The summed E-state index contributed by atoms with van der Waals surface area (Å²) >= 11 is 0. The highest BCUT2D eigenvalue weighted by atomic mass is 16.6. The van der Waals surface area contributed by atoms with Gasteiger partial charge in [-0.3, -0.25) is 30.4 Å². The third kappa shape index (κ3) is 2.05. The van der Waals surface area contributed by atoms with Crippen molar-refractivity contribution in [1.29, 1.82) is 0 Å². The van der Waals surface area contributed by atoms with E-state index in [4.69, 9.17) is 0 Å². The molecule has 1 aliphatic heterocycles. The molecule has 0 radical (unpaired) electrons. The zero-order valence-corrected chi connectivity index (χ0v) is 12.7. The molecule has 3 rings (SSSR count). The van der Waals surface area contributed by atoms with Gasteiger partial charge in [0.1, 0.15) is 11.2 Å². The monoisotopic (exact) mass is 335 g/mol. The van der Waals surface area contributed by atoms with Gasteiger partial charge in [0, 0.05) is 6.07 Å². The van der Waals surface area contributed by atoms with E-state index in [9.17, 15) is 29.8 Å². The number of nitro groups is 2. The van der Waals surface area contributed by atoms with E-state index in [2.05, 4.69) is 10.7 Å². The van der Waals surface area contributed by atoms with E-state index in [-0.39, 0.29) is 5.69 Å². The normalized spacial score (nSPS) is 24.0. The largest absolute Gasteiger partial charge is 0.344 e. The molecule has 2 N–H and O–H groups in total. The molecule has 11 heteroatoms. The molecule has 2 aliphatic rings. The fourth-order valence-electron chi connectivity index (χ4n) is 2.87. The van der Waals surface area contributed by atoms with Crippen LogP contribution in [-0.2, 0) is 4.79 Å². The number of hydrogen-bond acceptors (Lipinski definition) is 7. The van der Waals surface area contributed by atoms with Crippen molar-refractivity contribution < 1.29 is 19.4 Å². The Balaban J connectivity index is 1.92. The number of amides is 3. The fraction of sp³-hybridized carbons (Fsp3) is 0.385. The maximum Gasteiger partial charge on any atom is 0.344 e. The minimum Gasteiger partial charge on any atom is -0.321 e. The minimum atomic E-state index is -1.01. The van der Waals surface area contributed by atoms with Crippen molar-refractivity contribution in [3.8, 4) is 0 Å². The summed E-state index contributed by atoms with van der Waals surface area (Å²) in [5.41, 5.74) is -0.284. The van der Waals surface area contributed by atoms with Crippen LogP contribution in [0, 0.1) is 25.6 Å². The predicted octanol–water partition coefficient (Wildman–Crippen LogP) is 1.55. The van der Waals surface area contributed by atoms with Crippen molar-refractivity contribution >= 4 is 29.0 Å². The first-order valence-corrected chi connectivity index (χ1v) is 6.95. The number of hydrogen-bond donors (Lipinski definition) is 2. The van der Waals surface area contributed by atoms with E-state index >= 15 is 0 Å². The second-order valence-corrected chi connectivity index (χ2v) is 6.36. The Bertz CT molecular complexity index is 806. The summed E-state index contributed by atoms with van der Waals surface area (Å²) in [7, 11) is 0.